The smallest absolute Gasteiger partial charge is 0.257 e. The lowest BCUT2D eigenvalue weighted by Gasteiger charge is -2.34. The summed E-state index contributed by atoms with van der Waals surface area (Å²) < 4.78 is 10.9. The minimum atomic E-state index is -0.187. The van der Waals surface area contributed by atoms with E-state index in [4.69, 9.17) is 55.9 Å². The van der Waals surface area contributed by atoms with Crippen molar-refractivity contribution in [3.8, 4) is 11.5 Å². The molecule has 38 heavy (non-hydrogen) atoms. The van der Waals surface area contributed by atoms with Crippen molar-refractivity contribution < 1.29 is 19.1 Å². The highest BCUT2D eigenvalue weighted by molar-refractivity contribution is 6.36. The second-order valence-corrected chi connectivity index (χ2v) is 10.5. The Kier molecular flexibility index (Phi) is 13.1. The quantitative estimate of drug-likeness (QED) is 0.311. The SMILES string of the molecule is O=C(COc1ccc(Cl)cc1Cl)NCCCN1CCN(CCCNC(=O)COc2ccc(Cl)cc2Cl)CC1. The van der Waals surface area contributed by atoms with Crippen molar-refractivity contribution in [2.45, 2.75) is 12.8 Å². The second-order valence-electron chi connectivity index (χ2n) is 8.82. The van der Waals surface area contributed by atoms with Crippen LogP contribution in [0.1, 0.15) is 12.8 Å². The van der Waals surface area contributed by atoms with Crippen LogP contribution >= 0.6 is 46.4 Å². The minimum Gasteiger partial charge on any atom is -0.482 e. The van der Waals surface area contributed by atoms with Crippen molar-refractivity contribution in [3.63, 3.8) is 0 Å². The molecule has 208 valence electrons. The maximum absolute atomic E-state index is 12.0. The van der Waals surface area contributed by atoms with E-state index < -0.39 is 0 Å². The summed E-state index contributed by atoms with van der Waals surface area (Å²) in [5.41, 5.74) is 0. The first-order valence-electron chi connectivity index (χ1n) is 12.4. The average Bonchev–Trinajstić information content (AvgIpc) is 2.89. The van der Waals surface area contributed by atoms with Gasteiger partial charge in [-0.2, -0.15) is 0 Å². The summed E-state index contributed by atoms with van der Waals surface area (Å²) in [5.74, 6) is 0.488. The largest absolute Gasteiger partial charge is 0.482 e. The van der Waals surface area contributed by atoms with Crippen LogP contribution in [-0.2, 0) is 9.59 Å². The number of nitrogens with one attached hydrogen (secondary N) is 2. The van der Waals surface area contributed by atoms with E-state index in [2.05, 4.69) is 20.4 Å². The summed E-state index contributed by atoms with van der Waals surface area (Å²) >= 11 is 23.8. The molecule has 1 heterocycles. The molecule has 1 aliphatic heterocycles. The molecule has 0 spiro atoms. The van der Waals surface area contributed by atoms with Crippen LogP contribution in [0.5, 0.6) is 11.5 Å². The van der Waals surface area contributed by atoms with E-state index >= 15 is 0 Å². The summed E-state index contributed by atoms with van der Waals surface area (Å²) in [6.45, 7) is 6.76. The molecule has 2 N–H and O–H groups in total. The van der Waals surface area contributed by atoms with Gasteiger partial charge in [0.05, 0.1) is 10.0 Å². The predicted octanol–water partition coefficient (Wildman–Crippen LogP) is 4.39. The zero-order chi connectivity index (χ0) is 27.3. The molecule has 0 aliphatic carbocycles. The number of piperazine rings is 1. The minimum absolute atomic E-state index is 0.0930. The summed E-state index contributed by atoms with van der Waals surface area (Å²) in [4.78, 5) is 28.8. The van der Waals surface area contributed by atoms with Crippen LogP contribution in [0.25, 0.3) is 0 Å². The molecule has 1 saturated heterocycles. The molecule has 0 atom stereocenters. The topological polar surface area (TPSA) is 83.1 Å². The van der Waals surface area contributed by atoms with Crippen molar-refractivity contribution in [2.24, 2.45) is 0 Å². The Morgan fingerprint density at radius 2 is 1.08 bits per heavy atom. The average molecular weight is 606 g/mol. The first kappa shape index (κ1) is 30.6. The van der Waals surface area contributed by atoms with Gasteiger partial charge in [0.1, 0.15) is 11.5 Å². The van der Waals surface area contributed by atoms with Crippen molar-refractivity contribution in [1.29, 1.82) is 0 Å². The maximum Gasteiger partial charge on any atom is 0.257 e. The molecule has 0 radical (unpaired) electrons. The Bertz CT molecular complexity index is 984. The number of carbonyl (C=O) groups excluding carboxylic acids is 2. The number of ether oxygens (including phenoxy) is 2. The Labute approximate surface area is 243 Å². The fraction of sp³-hybridized carbons (Fsp3) is 0.462. The highest BCUT2D eigenvalue weighted by Gasteiger charge is 2.16. The van der Waals surface area contributed by atoms with Crippen LogP contribution in [0.4, 0.5) is 0 Å². The Balaban J connectivity index is 1.17. The zero-order valence-corrected chi connectivity index (χ0v) is 24.0. The molecular weight excluding hydrogens is 574 g/mol. The van der Waals surface area contributed by atoms with Crippen LogP contribution < -0.4 is 20.1 Å². The third kappa shape index (κ3) is 11.0. The third-order valence-corrected chi connectivity index (χ3v) is 6.98. The number of halogens is 4. The molecule has 2 aromatic carbocycles. The molecule has 1 fully saturated rings. The number of nitrogens with zero attached hydrogens (tertiary/aromatic N) is 2. The van der Waals surface area contributed by atoms with Crippen molar-refractivity contribution in [1.82, 2.24) is 20.4 Å². The summed E-state index contributed by atoms with van der Waals surface area (Å²) in [6, 6.07) is 9.76. The van der Waals surface area contributed by atoms with E-state index in [1.807, 2.05) is 0 Å². The van der Waals surface area contributed by atoms with Gasteiger partial charge in [0.2, 0.25) is 0 Å². The lowest BCUT2D eigenvalue weighted by atomic mass is 10.2. The standard InChI is InChI=1S/C26H32Cl4N4O4/c27-19-3-5-23(21(29)15-19)37-17-25(35)31-7-1-9-33-11-13-34(14-12-33)10-2-8-32-26(36)18-38-24-6-4-20(28)16-22(24)30/h3-6,15-16H,1-2,7-14,17-18H2,(H,31,35)(H,32,36). The van der Waals surface area contributed by atoms with Gasteiger partial charge in [-0.3, -0.25) is 9.59 Å². The van der Waals surface area contributed by atoms with Crippen molar-refractivity contribution in [3.05, 3.63) is 56.5 Å². The van der Waals surface area contributed by atoms with Gasteiger partial charge >= 0.3 is 0 Å². The van der Waals surface area contributed by atoms with E-state index in [-0.39, 0.29) is 25.0 Å². The molecule has 3 rings (SSSR count). The van der Waals surface area contributed by atoms with Gasteiger partial charge in [0.25, 0.3) is 11.8 Å². The highest BCUT2D eigenvalue weighted by atomic mass is 35.5. The molecule has 1 aliphatic rings. The van der Waals surface area contributed by atoms with Crippen LogP contribution in [-0.4, -0.2) is 87.2 Å². The van der Waals surface area contributed by atoms with E-state index in [0.717, 1.165) is 52.1 Å². The van der Waals surface area contributed by atoms with Gasteiger partial charge in [-0.25, -0.2) is 0 Å². The fourth-order valence-electron chi connectivity index (χ4n) is 3.87. The summed E-state index contributed by atoms with van der Waals surface area (Å²) in [7, 11) is 0. The third-order valence-electron chi connectivity index (χ3n) is 5.92. The zero-order valence-electron chi connectivity index (χ0n) is 21.0. The van der Waals surface area contributed by atoms with Crippen LogP contribution in [0.2, 0.25) is 20.1 Å². The van der Waals surface area contributed by atoms with E-state index in [1.54, 1.807) is 36.4 Å². The predicted molar refractivity (Wildman–Crippen MR) is 152 cm³/mol. The molecule has 0 bridgehead atoms. The monoisotopic (exact) mass is 604 g/mol. The summed E-state index contributed by atoms with van der Waals surface area (Å²) in [6.07, 6.45) is 1.73. The molecular formula is C26H32Cl4N4O4. The van der Waals surface area contributed by atoms with Gasteiger partial charge in [0, 0.05) is 49.3 Å². The van der Waals surface area contributed by atoms with E-state index in [9.17, 15) is 9.59 Å². The molecule has 2 amide bonds. The number of benzene rings is 2. The number of carbonyl (C=O) groups is 2. The molecule has 12 heteroatoms. The van der Waals surface area contributed by atoms with Gasteiger partial charge < -0.3 is 29.9 Å². The van der Waals surface area contributed by atoms with Gasteiger partial charge in [-0.1, -0.05) is 46.4 Å². The Morgan fingerprint density at radius 1 is 0.684 bits per heavy atom. The van der Waals surface area contributed by atoms with Crippen LogP contribution in [0, 0.1) is 0 Å². The second kappa shape index (κ2) is 16.2. The molecule has 0 unspecified atom stereocenters. The molecule has 0 saturated carbocycles. The van der Waals surface area contributed by atoms with Crippen molar-refractivity contribution >= 4 is 58.2 Å². The fourth-order valence-corrected chi connectivity index (χ4v) is 4.80. The lowest BCUT2D eigenvalue weighted by molar-refractivity contribution is -0.123. The van der Waals surface area contributed by atoms with Gasteiger partial charge in [-0.15, -0.1) is 0 Å². The van der Waals surface area contributed by atoms with Crippen LogP contribution in [0.3, 0.4) is 0 Å². The normalized spacial score (nSPS) is 14.2. The number of amides is 2. The van der Waals surface area contributed by atoms with Gasteiger partial charge in [-0.05, 0) is 62.3 Å². The first-order chi connectivity index (χ1) is 18.3. The number of rotatable bonds is 14. The van der Waals surface area contributed by atoms with E-state index in [1.165, 1.54) is 0 Å². The summed E-state index contributed by atoms with van der Waals surface area (Å²) in [5, 5.41) is 7.52. The number of hydrogen-bond donors (Lipinski definition) is 2. The van der Waals surface area contributed by atoms with Crippen molar-refractivity contribution in [2.75, 3.05) is 65.6 Å². The Hall–Kier alpha value is -1.94. The number of hydrogen-bond acceptors (Lipinski definition) is 6. The molecule has 8 nitrogen and oxygen atoms in total. The van der Waals surface area contributed by atoms with Gasteiger partial charge in [0.15, 0.2) is 13.2 Å². The van der Waals surface area contributed by atoms with Crippen LogP contribution in [0.15, 0.2) is 36.4 Å². The lowest BCUT2D eigenvalue weighted by Crippen LogP contribution is -2.47. The Morgan fingerprint density at radius 3 is 1.45 bits per heavy atom. The molecule has 0 aromatic heterocycles. The maximum atomic E-state index is 12.0. The first-order valence-corrected chi connectivity index (χ1v) is 13.9. The highest BCUT2D eigenvalue weighted by Crippen LogP contribution is 2.28. The van der Waals surface area contributed by atoms with E-state index in [0.29, 0.717) is 44.7 Å². The molecule has 2 aromatic rings.